The lowest BCUT2D eigenvalue weighted by Gasteiger charge is -2.34. The Labute approximate surface area is 623 Å². The molecule has 4 heteroatoms. The van der Waals surface area contributed by atoms with Crippen molar-refractivity contribution in [3.63, 3.8) is 0 Å². The van der Waals surface area contributed by atoms with Gasteiger partial charge in [-0.3, -0.25) is 0 Å². The zero-order valence-corrected chi connectivity index (χ0v) is 62.8. The maximum Gasteiger partial charge on any atom is 0.0894 e. The molecule has 0 aliphatic heterocycles. The molecular weight excluding hydrogens is 1260 g/mol. The Morgan fingerprint density at radius 1 is 0.231 bits per heavy atom. The Morgan fingerprint density at radius 3 is 0.817 bits per heavy atom. The summed E-state index contributed by atoms with van der Waals surface area (Å²) >= 11 is 0. The van der Waals surface area contributed by atoms with E-state index in [1.165, 1.54) is 255 Å². The number of benzene rings is 10. The Morgan fingerprint density at radius 2 is 0.500 bits per heavy atom. The summed E-state index contributed by atoms with van der Waals surface area (Å²) in [4.78, 5) is 15.7. The normalized spacial score (nSPS) is 13.1. The molecule has 0 unspecified atom stereocenters. The quantitative estimate of drug-likeness (QED) is 0.0363. The third kappa shape index (κ3) is 15.7. The smallest absolute Gasteiger partial charge is 0.0894 e. The summed E-state index contributed by atoms with van der Waals surface area (Å²) in [6.07, 6.45) is 35.5. The highest BCUT2D eigenvalue weighted by atomic mass is 15.1. The van der Waals surface area contributed by atoms with Gasteiger partial charge in [-0.25, -0.2) is 9.97 Å². The van der Waals surface area contributed by atoms with Crippen molar-refractivity contribution < 1.29 is 0 Å². The van der Waals surface area contributed by atoms with E-state index < -0.39 is 0 Å². The molecule has 0 saturated carbocycles. The standard InChI is InChI=1S/C100H110N4/c1-5-9-13-17-21-37-65-99(66-38-22-18-14-10-6-2)91-71-77(49-57-87(91)89-59-55-85(73-93(89)99)103(81-41-29-25-30-42-81)82-43-31-26-32-44-82)75-51-61-95-79(69-75)53-63-97(101-95)98-64-54-80-70-76(52-62-96(80)102-98)78-50-58-88-90-60-56-86(104(83-45-33-27-34-46-83)84-47-35-28-36-48-84)74-94(90)100(92(88)72-78,67-39-23-19-15-11-7-3)68-40-24-20-16-12-8-4/h25-36,41-64,69-74H,5-24,37-40,65-68H2,1-4H3. The molecule has 2 aliphatic carbocycles. The highest BCUT2D eigenvalue weighted by molar-refractivity contribution is 5.93. The molecule has 0 saturated heterocycles. The number of pyridine rings is 2. The number of para-hydroxylation sites is 4. The number of anilines is 6. The topological polar surface area (TPSA) is 32.3 Å². The highest BCUT2D eigenvalue weighted by Gasteiger charge is 2.45. The second-order valence-corrected chi connectivity index (χ2v) is 30.4. The van der Waals surface area contributed by atoms with Crippen molar-refractivity contribution in [2.45, 2.75) is 218 Å². The van der Waals surface area contributed by atoms with Gasteiger partial charge in [0.2, 0.25) is 0 Å². The fraction of sp³-hybridized carbons (Fsp3) is 0.340. The third-order valence-corrected chi connectivity index (χ3v) is 23.4. The van der Waals surface area contributed by atoms with Gasteiger partial charge in [0.25, 0.3) is 0 Å². The van der Waals surface area contributed by atoms with Gasteiger partial charge in [-0.05, 0) is 214 Å². The molecule has 2 aromatic heterocycles. The van der Waals surface area contributed by atoms with Crippen molar-refractivity contribution in [2.75, 3.05) is 9.80 Å². The summed E-state index contributed by atoms with van der Waals surface area (Å²) in [6, 6.07) is 96.4. The molecule has 0 atom stereocenters. The van der Waals surface area contributed by atoms with E-state index in [1.54, 1.807) is 0 Å². The number of aromatic nitrogens is 2. The highest BCUT2D eigenvalue weighted by Crippen LogP contribution is 2.59. The van der Waals surface area contributed by atoms with Crippen LogP contribution in [-0.4, -0.2) is 9.97 Å². The van der Waals surface area contributed by atoms with E-state index in [9.17, 15) is 0 Å². The largest absolute Gasteiger partial charge is 0.310 e. The van der Waals surface area contributed by atoms with E-state index >= 15 is 0 Å². The van der Waals surface area contributed by atoms with Gasteiger partial charge in [-0.15, -0.1) is 0 Å². The number of hydrogen-bond acceptors (Lipinski definition) is 4. The van der Waals surface area contributed by atoms with Crippen molar-refractivity contribution in [2.24, 2.45) is 0 Å². The first kappa shape index (κ1) is 71.6. The van der Waals surface area contributed by atoms with E-state index in [1.807, 2.05) is 0 Å². The zero-order chi connectivity index (χ0) is 70.9. The zero-order valence-electron chi connectivity index (χ0n) is 62.8. The molecule has 530 valence electrons. The van der Waals surface area contributed by atoms with Gasteiger partial charge < -0.3 is 9.80 Å². The van der Waals surface area contributed by atoms with Crippen LogP contribution in [0.15, 0.2) is 255 Å². The van der Waals surface area contributed by atoms with Gasteiger partial charge in [0, 0.05) is 55.7 Å². The molecule has 0 N–H and O–H groups in total. The van der Waals surface area contributed by atoms with Crippen LogP contribution >= 0.6 is 0 Å². The minimum absolute atomic E-state index is 0.102. The molecule has 0 spiro atoms. The first-order valence-electron chi connectivity index (χ1n) is 40.6. The average molecular weight is 1370 g/mol. The molecule has 0 bridgehead atoms. The average Bonchev–Trinajstić information content (AvgIpc) is 1.32. The Hall–Kier alpha value is -9.38. The van der Waals surface area contributed by atoms with Gasteiger partial charge >= 0.3 is 0 Å². The number of rotatable bonds is 37. The van der Waals surface area contributed by atoms with Crippen LogP contribution in [0.25, 0.3) is 77.7 Å². The van der Waals surface area contributed by atoms with Crippen molar-refractivity contribution in [1.82, 2.24) is 9.97 Å². The lowest BCUT2D eigenvalue weighted by Crippen LogP contribution is -2.26. The molecule has 104 heavy (non-hydrogen) atoms. The number of unbranched alkanes of at least 4 members (excludes halogenated alkanes) is 20. The Balaban J connectivity index is 0.767. The Bertz CT molecular complexity index is 4350. The third-order valence-electron chi connectivity index (χ3n) is 23.4. The summed E-state index contributed by atoms with van der Waals surface area (Å²) < 4.78 is 0. The van der Waals surface area contributed by atoms with Crippen LogP contribution in [0.1, 0.15) is 230 Å². The molecular formula is C100H110N4. The maximum absolute atomic E-state index is 5.37. The molecule has 0 radical (unpaired) electrons. The molecule has 4 nitrogen and oxygen atoms in total. The SMILES string of the molecule is CCCCCCCCC1(CCCCCCCC)c2cc(-c3ccc4nc(-c5ccc6cc(-c7ccc8c(c7)C(CCCCCCCC)(CCCCCCCC)c7cc(N(c9ccccc9)c9ccccc9)ccc7-8)ccc6n5)ccc4c3)ccc2-c2ccc(N(c3ccccc3)c3ccccc3)cc21. The van der Waals surface area contributed by atoms with Gasteiger partial charge in [0.05, 0.1) is 22.4 Å². The van der Waals surface area contributed by atoms with E-state index in [2.05, 4.69) is 292 Å². The van der Waals surface area contributed by atoms with Crippen molar-refractivity contribution in [1.29, 1.82) is 0 Å². The molecule has 10 aromatic carbocycles. The molecule has 0 amide bonds. The van der Waals surface area contributed by atoms with Crippen LogP contribution in [0.2, 0.25) is 0 Å². The summed E-state index contributed by atoms with van der Waals surface area (Å²) in [5.41, 5.74) is 27.4. The lowest BCUT2D eigenvalue weighted by atomic mass is 9.70. The van der Waals surface area contributed by atoms with Gasteiger partial charge in [0.1, 0.15) is 0 Å². The predicted octanol–water partition coefficient (Wildman–Crippen LogP) is 30.3. The van der Waals surface area contributed by atoms with E-state index in [4.69, 9.17) is 9.97 Å². The molecule has 12 aromatic rings. The first-order chi connectivity index (χ1) is 51.4. The van der Waals surface area contributed by atoms with Gasteiger partial charge in [-0.2, -0.15) is 0 Å². The van der Waals surface area contributed by atoms with Gasteiger partial charge in [0.15, 0.2) is 0 Å². The van der Waals surface area contributed by atoms with Crippen molar-refractivity contribution >= 4 is 55.9 Å². The van der Waals surface area contributed by atoms with Crippen LogP contribution < -0.4 is 9.80 Å². The fourth-order valence-corrected chi connectivity index (χ4v) is 17.9. The van der Waals surface area contributed by atoms with E-state index in [0.717, 1.165) is 58.9 Å². The van der Waals surface area contributed by atoms with Crippen LogP contribution in [-0.2, 0) is 10.8 Å². The fourth-order valence-electron chi connectivity index (χ4n) is 17.9. The van der Waals surface area contributed by atoms with Crippen LogP contribution in [0, 0.1) is 0 Å². The lowest BCUT2D eigenvalue weighted by molar-refractivity contribution is 0.398. The number of fused-ring (bicyclic) bond motifs is 8. The second-order valence-electron chi connectivity index (χ2n) is 30.4. The van der Waals surface area contributed by atoms with Crippen molar-refractivity contribution in [3.05, 3.63) is 277 Å². The number of hydrogen-bond donors (Lipinski definition) is 0. The summed E-state index contributed by atoms with van der Waals surface area (Å²) in [6.45, 7) is 9.32. The monoisotopic (exact) mass is 1370 g/mol. The first-order valence-corrected chi connectivity index (χ1v) is 40.6. The number of nitrogens with zero attached hydrogens (tertiary/aromatic N) is 4. The van der Waals surface area contributed by atoms with Crippen LogP contribution in [0.5, 0.6) is 0 Å². The van der Waals surface area contributed by atoms with Crippen molar-refractivity contribution in [3.8, 4) is 55.9 Å². The molecule has 14 rings (SSSR count). The van der Waals surface area contributed by atoms with Crippen LogP contribution in [0.4, 0.5) is 34.1 Å². The van der Waals surface area contributed by atoms with Crippen LogP contribution in [0.3, 0.4) is 0 Å². The molecule has 0 fully saturated rings. The van der Waals surface area contributed by atoms with Gasteiger partial charge in [-0.1, -0.05) is 315 Å². The molecule has 2 heterocycles. The summed E-state index contributed by atoms with van der Waals surface area (Å²) in [7, 11) is 0. The van der Waals surface area contributed by atoms with E-state index in [-0.39, 0.29) is 10.8 Å². The summed E-state index contributed by atoms with van der Waals surface area (Å²) in [5, 5.41) is 2.28. The minimum atomic E-state index is -0.102. The minimum Gasteiger partial charge on any atom is -0.310 e. The maximum atomic E-state index is 5.37. The Kier molecular flexibility index (Phi) is 23.7. The second kappa shape index (κ2) is 34.5. The molecule has 2 aliphatic rings. The predicted molar refractivity (Wildman–Crippen MR) is 447 cm³/mol. The van der Waals surface area contributed by atoms with E-state index in [0.29, 0.717) is 0 Å². The summed E-state index contributed by atoms with van der Waals surface area (Å²) in [5.74, 6) is 0.